The monoisotopic (exact) mass is 258 g/mol. The third-order valence-corrected chi connectivity index (χ3v) is 3.45. The molecule has 0 spiro atoms. The molecular weight excluding hydrogens is 236 g/mol. The van der Waals surface area contributed by atoms with E-state index < -0.39 is 6.10 Å². The number of aryl methyl sites for hydroxylation is 1. The Morgan fingerprint density at radius 3 is 2.37 bits per heavy atom. The molecule has 3 heteroatoms. The molecule has 0 bridgehead atoms. The predicted molar refractivity (Wildman–Crippen MR) is 77.1 cm³/mol. The van der Waals surface area contributed by atoms with Gasteiger partial charge in [0.25, 0.3) is 0 Å². The standard InChI is InChI=1S/C16H22N2O/c1-4-13-5-7-14(8-6-13)9-16(19)15-10-17-11-18(15)12(2)3/h5-8,10-12,16,19H,4,9H2,1-3H3. The fourth-order valence-corrected chi connectivity index (χ4v) is 2.24. The first kappa shape index (κ1) is 13.8. The highest BCUT2D eigenvalue weighted by Crippen LogP contribution is 2.21. The average Bonchev–Trinajstić information content (AvgIpc) is 2.89. The van der Waals surface area contributed by atoms with E-state index in [0.717, 1.165) is 17.7 Å². The first-order valence-corrected chi connectivity index (χ1v) is 6.89. The highest BCUT2D eigenvalue weighted by atomic mass is 16.3. The van der Waals surface area contributed by atoms with Crippen LogP contribution in [0.3, 0.4) is 0 Å². The van der Waals surface area contributed by atoms with Crippen molar-refractivity contribution in [1.29, 1.82) is 0 Å². The summed E-state index contributed by atoms with van der Waals surface area (Å²) in [6.07, 6.45) is 4.71. The van der Waals surface area contributed by atoms with Gasteiger partial charge in [-0.25, -0.2) is 4.98 Å². The molecule has 1 atom stereocenters. The van der Waals surface area contributed by atoms with Gasteiger partial charge >= 0.3 is 0 Å². The van der Waals surface area contributed by atoms with E-state index in [1.807, 2.05) is 4.57 Å². The molecule has 19 heavy (non-hydrogen) atoms. The third-order valence-electron chi connectivity index (χ3n) is 3.45. The van der Waals surface area contributed by atoms with Crippen molar-refractivity contribution < 1.29 is 5.11 Å². The van der Waals surface area contributed by atoms with Gasteiger partial charge in [-0.2, -0.15) is 0 Å². The number of benzene rings is 1. The summed E-state index contributed by atoms with van der Waals surface area (Å²) in [5.74, 6) is 0. The molecule has 0 radical (unpaired) electrons. The van der Waals surface area contributed by atoms with Gasteiger partial charge in [0, 0.05) is 12.5 Å². The van der Waals surface area contributed by atoms with Crippen molar-refractivity contribution in [2.45, 2.75) is 45.8 Å². The minimum Gasteiger partial charge on any atom is -0.386 e. The second kappa shape index (κ2) is 6.02. The van der Waals surface area contributed by atoms with Gasteiger partial charge in [-0.15, -0.1) is 0 Å². The smallest absolute Gasteiger partial charge is 0.0996 e. The summed E-state index contributed by atoms with van der Waals surface area (Å²) in [7, 11) is 0. The SMILES string of the molecule is CCc1ccc(CC(O)c2cncn2C(C)C)cc1. The van der Waals surface area contributed by atoms with Crippen LogP contribution < -0.4 is 0 Å². The quantitative estimate of drug-likeness (QED) is 0.893. The molecule has 1 heterocycles. The number of hydrogen-bond acceptors (Lipinski definition) is 2. The maximum absolute atomic E-state index is 10.4. The molecule has 1 aromatic carbocycles. The lowest BCUT2D eigenvalue weighted by atomic mass is 10.0. The molecule has 0 aliphatic carbocycles. The fourth-order valence-electron chi connectivity index (χ4n) is 2.24. The molecule has 2 aromatic rings. The first-order valence-electron chi connectivity index (χ1n) is 6.89. The van der Waals surface area contributed by atoms with Crippen molar-refractivity contribution >= 4 is 0 Å². The Bertz CT molecular complexity index is 514. The molecule has 3 nitrogen and oxygen atoms in total. The van der Waals surface area contributed by atoms with Crippen LogP contribution in [0.1, 0.15) is 49.7 Å². The molecule has 1 unspecified atom stereocenters. The summed E-state index contributed by atoms with van der Waals surface area (Å²) >= 11 is 0. The van der Waals surface area contributed by atoms with Gasteiger partial charge in [-0.05, 0) is 31.4 Å². The molecule has 1 aromatic heterocycles. The zero-order chi connectivity index (χ0) is 13.8. The van der Waals surface area contributed by atoms with Crippen molar-refractivity contribution in [1.82, 2.24) is 9.55 Å². The molecule has 0 fully saturated rings. The van der Waals surface area contributed by atoms with Gasteiger partial charge in [-0.1, -0.05) is 31.2 Å². The number of rotatable bonds is 5. The van der Waals surface area contributed by atoms with Crippen molar-refractivity contribution in [2.24, 2.45) is 0 Å². The number of nitrogens with zero attached hydrogens (tertiary/aromatic N) is 2. The Balaban J connectivity index is 2.11. The van der Waals surface area contributed by atoms with Gasteiger partial charge in [0.15, 0.2) is 0 Å². The lowest BCUT2D eigenvalue weighted by Gasteiger charge is -2.16. The van der Waals surface area contributed by atoms with E-state index in [9.17, 15) is 5.11 Å². The van der Waals surface area contributed by atoms with Crippen LogP contribution in [0.4, 0.5) is 0 Å². The number of aliphatic hydroxyl groups is 1. The average molecular weight is 258 g/mol. The Labute approximate surface area is 114 Å². The Kier molecular flexibility index (Phi) is 4.38. The zero-order valence-corrected chi connectivity index (χ0v) is 11.9. The second-order valence-electron chi connectivity index (χ2n) is 5.21. The van der Waals surface area contributed by atoms with Crippen molar-refractivity contribution in [3.63, 3.8) is 0 Å². The molecule has 0 aliphatic heterocycles. The van der Waals surface area contributed by atoms with E-state index in [1.165, 1.54) is 5.56 Å². The third kappa shape index (κ3) is 3.24. The molecular formula is C16H22N2O. The summed E-state index contributed by atoms with van der Waals surface area (Å²) < 4.78 is 2.02. The molecule has 0 amide bonds. The maximum atomic E-state index is 10.4. The summed E-state index contributed by atoms with van der Waals surface area (Å²) in [6, 6.07) is 8.76. The summed E-state index contributed by atoms with van der Waals surface area (Å²) in [5.41, 5.74) is 3.36. The molecule has 0 saturated carbocycles. The van der Waals surface area contributed by atoms with Crippen LogP contribution in [0.25, 0.3) is 0 Å². The van der Waals surface area contributed by atoms with Crippen molar-refractivity contribution in [3.05, 3.63) is 53.6 Å². The van der Waals surface area contributed by atoms with Gasteiger partial charge in [0.05, 0.1) is 24.3 Å². The van der Waals surface area contributed by atoms with E-state index >= 15 is 0 Å². The van der Waals surface area contributed by atoms with Crippen LogP contribution >= 0.6 is 0 Å². The summed E-state index contributed by atoms with van der Waals surface area (Å²) in [6.45, 7) is 6.33. The Hall–Kier alpha value is -1.61. The highest BCUT2D eigenvalue weighted by Gasteiger charge is 2.15. The lowest BCUT2D eigenvalue weighted by Crippen LogP contribution is -2.11. The van der Waals surface area contributed by atoms with E-state index in [4.69, 9.17) is 0 Å². The lowest BCUT2D eigenvalue weighted by molar-refractivity contribution is 0.167. The summed E-state index contributed by atoms with van der Waals surface area (Å²) in [4.78, 5) is 4.14. The Morgan fingerprint density at radius 1 is 1.16 bits per heavy atom. The first-order chi connectivity index (χ1) is 9.11. The van der Waals surface area contributed by atoms with Gasteiger partial charge in [-0.3, -0.25) is 0 Å². The van der Waals surface area contributed by atoms with Crippen LogP contribution in [0.5, 0.6) is 0 Å². The van der Waals surface area contributed by atoms with Gasteiger partial charge in [0.2, 0.25) is 0 Å². The molecule has 102 valence electrons. The predicted octanol–water partition coefficient (Wildman–Crippen LogP) is 3.30. The van der Waals surface area contributed by atoms with Crippen LogP contribution in [0, 0.1) is 0 Å². The van der Waals surface area contributed by atoms with Crippen LogP contribution in [-0.2, 0) is 12.8 Å². The largest absolute Gasteiger partial charge is 0.386 e. The number of aromatic nitrogens is 2. The second-order valence-corrected chi connectivity index (χ2v) is 5.21. The normalized spacial score (nSPS) is 12.9. The van der Waals surface area contributed by atoms with E-state index in [0.29, 0.717) is 12.5 Å². The fraction of sp³-hybridized carbons (Fsp3) is 0.438. The minimum absolute atomic E-state index is 0.314. The molecule has 1 N–H and O–H groups in total. The zero-order valence-electron chi connectivity index (χ0n) is 11.9. The van der Waals surface area contributed by atoms with Gasteiger partial charge in [0.1, 0.15) is 0 Å². The van der Waals surface area contributed by atoms with Crippen molar-refractivity contribution in [2.75, 3.05) is 0 Å². The number of hydrogen-bond donors (Lipinski definition) is 1. The van der Waals surface area contributed by atoms with E-state index in [-0.39, 0.29) is 0 Å². The van der Waals surface area contributed by atoms with E-state index in [1.54, 1.807) is 12.5 Å². The maximum Gasteiger partial charge on any atom is 0.0996 e. The van der Waals surface area contributed by atoms with E-state index in [2.05, 4.69) is 50.0 Å². The Morgan fingerprint density at radius 2 is 1.79 bits per heavy atom. The molecule has 0 aliphatic rings. The minimum atomic E-state index is -0.502. The topological polar surface area (TPSA) is 38.1 Å². The van der Waals surface area contributed by atoms with Crippen LogP contribution in [0.2, 0.25) is 0 Å². The molecule has 0 saturated heterocycles. The number of imidazole rings is 1. The van der Waals surface area contributed by atoms with Crippen molar-refractivity contribution in [3.8, 4) is 0 Å². The summed E-state index contributed by atoms with van der Waals surface area (Å²) in [5, 5.41) is 10.4. The molecule has 2 rings (SSSR count). The van der Waals surface area contributed by atoms with Crippen LogP contribution in [-0.4, -0.2) is 14.7 Å². The number of aliphatic hydroxyl groups excluding tert-OH is 1. The van der Waals surface area contributed by atoms with Crippen LogP contribution in [0.15, 0.2) is 36.8 Å². The highest BCUT2D eigenvalue weighted by molar-refractivity contribution is 5.24. The van der Waals surface area contributed by atoms with Gasteiger partial charge < -0.3 is 9.67 Å².